The van der Waals surface area contributed by atoms with E-state index in [1.54, 1.807) is 11.9 Å². The fraction of sp³-hybridized carbons (Fsp3) is 0.833. The van der Waals surface area contributed by atoms with Gasteiger partial charge in [0, 0.05) is 13.6 Å². The Labute approximate surface area is 59.8 Å². The summed E-state index contributed by atoms with van der Waals surface area (Å²) in [5.74, 6) is 0.0466. The van der Waals surface area contributed by atoms with E-state index in [1.165, 1.54) is 0 Å². The average Bonchev–Trinajstić information content (AvgIpc) is 1.95. The predicted molar refractivity (Wildman–Crippen MR) is 36.5 cm³/mol. The molecule has 1 saturated heterocycles. The largest absolute Gasteiger partial charge is 0.394 e. The zero-order valence-corrected chi connectivity index (χ0v) is 6.00. The number of nitrogens with zero attached hydrogens (tertiary/aromatic N) is 1. The number of hydrogen-bond acceptors (Lipinski definition) is 3. The highest BCUT2D eigenvalue weighted by molar-refractivity contribution is 5.79. The third-order valence-electron chi connectivity index (χ3n) is 1.81. The van der Waals surface area contributed by atoms with E-state index in [4.69, 9.17) is 5.11 Å². The smallest absolute Gasteiger partial charge is 0.236 e. The number of nitrogens with one attached hydrogen (secondary N) is 1. The number of carbonyl (C=O) groups excluding carboxylic acids is 1. The van der Waals surface area contributed by atoms with Crippen molar-refractivity contribution in [3.05, 3.63) is 0 Å². The Morgan fingerprint density at radius 3 is 3.10 bits per heavy atom. The van der Waals surface area contributed by atoms with Gasteiger partial charge in [-0.3, -0.25) is 4.79 Å². The van der Waals surface area contributed by atoms with E-state index in [0.29, 0.717) is 13.1 Å². The van der Waals surface area contributed by atoms with Crippen LogP contribution in [0.2, 0.25) is 0 Å². The number of aliphatic hydroxyl groups excluding tert-OH is 1. The van der Waals surface area contributed by atoms with E-state index in [0.717, 1.165) is 0 Å². The van der Waals surface area contributed by atoms with Crippen molar-refractivity contribution in [1.82, 2.24) is 10.2 Å². The van der Waals surface area contributed by atoms with E-state index in [9.17, 15) is 4.79 Å². The van der Waals surface area contributed by atoms with Crippen LogP contribution in [0.4, 0.5) is 0 Å². The molecule has 1 rings (SSSR count). The maximum Gasteiger partial charge on any atom is 0.236 e. The summed E-state index contributed by atoms with van der Waals surface area (Å²) in [5, 5.41) is 11.7. The van der Waals surface area contributed by atoms with Gasteiger partial charge >= 0.3 is 0 Å². The topological polar surface area (TPSA) is 52.6 Å². The van der Waals surface area contributed by atoms with E-state index < -0.39 is 0 Å². The molecule has 1 atom stereocenters. The second-order valence-corrected chi connectivity index (χ2v) is 2.47. The second-order valence-electron chi connectivity index (χ2n) is 2.47. The van der Waals surface area contributed by atoms with Gasteiger partial charge in [0.05, 0.1) is 19.2 Å². The number of carbonyl (C=O) groups is 1. The Morgan fingerprint density at radius 1 is 1.90 bits per heavy atom. The third kappa shape index (κ3) is 1.27. The number of likely N-dealkylation sites (N-methyl/N-ethyl adjacent to an activating group) is 1. The lowest BCUT2D eigenvalue weighted by molar-refractivity contribution is -0.134. The number of rotatable bonds is 1. The van der Waals surface area contributed by atoms with Crippen molar-refractivity contribution in [3.8, 4) is 0 Å². The van der Waals surface area contributed by atoms with E-state index in [-0.39, 0.29) is 18.6 Å². The maximum absolute atomic E-state index is 10.9. The highest BCUT2D eigenvalue weighted by Crippen LogP contribution is 1.98. The summed E-state index contributed by atoms with van der Waals surface area (Å²) in [6, 6.07) is -0.0405. The average molecular weight is 144 g/mol. The van der Waals surface area contributed by atoms with Crippen LogP contribution < -0.4 is 5.32 Å². The summed E-state index contributed by atoms with van der Waals surface area (Å²) >= 11 is 0. The van der Waals surface area contributed by atoms with Crippen molar-refractivity contribution in [2.45, 2.75) is 6.04 Å². The number of aliphatic hydroxyl groups is 1. The molecule has 0 aromatic rings. The van der Waals surface area contributed by atoms with Crippen LogP contribution in [0.3, 0.4) is 0 Å². The molecule has 1 aliphatic rings. The van der Waals surface area contributed by atoms with Crippen LogP contribution in [0.25, 0.3) is 0 Å². The van der Waals surface area contributed by atoms with Gasteiger partial charge in [-0.25, -0.2) is 0 Å². The van der Waals surface area contributed by atoms with Gasteiger partial charge in [-0.05, 0) is 0 Å². The highest BCUT2D eigenvalue weighted by atomic mass is 16.3. The second kappa shape index (κ2) is 2.98. The van der Waals surface area contributed by atoms with Crippen LogP contribution in [0.5, 0.6) is 0 Å². The van der Waals surface area contributed by atoms with Gasteiger partial charge in [0.25, 0.3) is 0 Å². The van der Waals surface area contributed by atoms with Gasteiger partial charge < -0.3 is 15.3 Å². The zero-order chi connectivity index (χ0) is 7.56. The van der Waals surface area contributed by atoms with Gasteiger partial charge in [0.15, 0.2) is 0 Å². The summed E-state index contributed by atoms with van der Waals surface area (Å²) < 4.78 is 0. The van der Waals surface area contributed by atoms with Crippen LogP contribution in [-0.4, -0.2) is 48.7 Å². The maximum atomic E-state index is 10.9. The quantitative estimate of drug-likeness (QED) is 0.466. The molecular weight excluding hydrogens is 132 g/mol. The molecule has 0 radical (unpaired) electrons. The minimum Gasteiger partial charge on any atom is -0.394 e. The van der Waals surface area contributed by atoms with Gasteiger partial charge in [-0.15, -0.1) is 0 Å². The Balaban J connectivity index is 2.51. The van der Waals surface area contributed by atoms with Crippen LogP contribution in [0.1, 0.15) is 0 Å². The Bertz CT molecular complexity index is 138. The Hall–Kier alpha value is -0.610. The number of hydrogen-bond donors (Lipinski definition) is 2. The molecule has 58 valence electrons. The van der Waals surface area contributed by atoms with Crippen molar-refractivity contribution >= 4 is 5.91 Å². The van der Waals surface area contributed by atoms with E-state index in [1.807, 2.05) is 0 Å². The molecule has 0 spiro atoms. The highest BCUT2D eigenvalue weighted by Gasteiger charge is 2.22. The van der Waals surface area contributed by atoms with Crippen LogP contribution in [-0.2, 0) is 4.79 Å². The monoisotopic (exact) mass is 144 g/mol. The molecule has 4 heteroatoms. The van der Waals surface area contributed by atoms with Gasteiger partial charge in [-0.2, -0.15) is 0 Å². The van der Waals surface area contributed by atoms with Crippen molar-refractivity contribution in [1.29, 1.82) is 0 Å². The van der Waals surface area contributed by atoms with Crippen molar-refractivity contribution in [2.75, 3.05) is 26.7 Å². The molecule has 1 unspecified atom stereocenters. The predicted octanol–water partition coefficient (Wildman–Crippen LogP) is -1.59. The molecule has 0 aliphatic carbocycles. The molecule has 0 bridgehead atoms. The Morgan fingerprint density at radius 2 is 2.60 bits per heavy atom. The summed E-state index contributed by atoms with van der Waals surface area (Å²) in [7, 11) is 1.71. The van der Waals surface area contributed by atoms with Crippen molar-refractivity contribution in [3.63, 3.8) is 0 Å². The first-order valence-electron chi connectivity index (χ1n) is 3.33. The molecule has 1 heterocycles. The molecule has 0 aromatic heterocycles. The van der Waals surface area contributed by atoms with Gasteiger partial charge in [-0.1, -0.05) is 0 Å². The molecular formula is C6H12N2O2. The fourth-order valence-electron chi connectivity index (χ4n) is 0.998. The lowest BCUT2D eigenvalue weighted by Crippen LogP contribution is -2.54. The fourth-order valence-corrected chi connectivity index (χ4v) is 0.998. The minimum absolute atomic E-state index is 0.0369. The molecule has 1 aliphatic heterocycles. The van der Waals surface area contributed by atoms with Crippen molar-refractivity contribution in [2.24, 2.45) is 0 Å². The van der Waals surface area contributed by atoms with Crippen LogP contribution in [0, 0.1) is 0 Å². The Kier molecular flexibility index (Phi) is 2.24. The number of amides is 1. The molecule has 10 heavy (non-hydrogen) atoms. The van der Waals surface area contributed by atoms with Crippen molar-refractivity contribution < 1.29 is 9.90 Å². The summed E-state index contributed by atoms with van der Waals surface area (Å²) in [4.78, 5) is 12.5. The summed E-state index contributed by atoms with van der Waals surface area (Å²) in [6.45, 7) is 1.13. The lowest BCUT2D eigenvalue weighted by atomic mass is 10.2. The first-order chi connectivity index (χ1) is 4.75. The molecule has 4 nitrogen and oxygen atoms in total. The van der Waals surface area contributed by atoms with E-state index in [2.05, 4.69) is 5.32 Å². The normalized spacial score (nSPS) is 27.2. The molecule has 1 amide bonds. The summed E-state index contributed by atoms with van der Waals surface area (Å²) in [5.41, 5.74) is 0. The zero-order valence-electron chi connectivity index (χ0n) is 6.00. The number of piperazine rings is 1. The SMILES string of the molecule is CN1C(=O)CNCC1CO. The van der Waals surface area contributed by atoms with E-state index >= 15 is 0 Å². The standard InChI is InChI=1S/C6H12N2O2/c1-8-5(4-9)2-7-3-6(8)10/h5,7,9H,2-4H2,1H3. The van der Waals surface area contributed by atoms with Gasteiger partial charge in [0.1, 0.15) is 0 Å². The molecule has 2 N–H and O–H groups in total. The van der Waals surface area contributed by atoms with Crippen LogP contribution >= 0.6 is 0 Å². The lowest BCUT2D eigenvalue weighted by Gasteiger charge is -2.31. The van der Waals surface area contributed by atoms with Crippen LogP contribution in [0.15, 0.2) is 0 Å². The first-order valence-corrected chi connectivity index (χ1v) is 3.33. The molecule has 1 fully saturated rings. The minimum atomic E-state index is -0.0405. The first kappa shape index (κ1) is 7.50. The summed E-state index contributed by atoms with van der Waals surface area (Å²) in [6.07, 6.45) is 0. The molecule has 0 saturated carbocycles. The molecule has 0 aromatic carbocycles. The third-order valence-corrected chi connectivity index (χ3v) is 1.81. The van der Waals surface area contributed by atoms with Gasteiger partial charge in [0.2, 0.25) is 5.91 Å².